The summed E-state index contributed by atoms with van der Waals surface area (Å²) in [5.41, 5.74) is 3.04. The number of carbonyl (C=O) groups excluding carboxylic acids is 1. The van der Waals surface area contributed by atoms with Gasteiger partial charge in [-0.3, -0.25) is 4.79 Å². The number of amides is 1. The van der Waals surface area contributed by atoms with E-state index >= 15 is 0 Å². The Labute approximate surface area is 122 Å². The highest BCUT2D eigenvalue weighted by Gasteiger charge is 2.23. The number of carbonyl (C=O) groups is 1. The highest BCUT2D eigenvalue weighted by atomic mass is 16.1. The first kappa shape index (κ1) is 14.9. The molecule has 110 valence electrons. The third-order valence-electron chi connectivity index (χ3n) is 4.50. The average Bonchev–Trinajstić information content (AvgIpc) is 2.49. The second-order valence-electron chi connectivity index (χ2n) is 5.81. The Kier molecular flexibility index (Phi) is 5.05. The number of benzene rings is 1. The van der Waals surface area contributed by atoms with Gasteiger partial charge in [-0.05, 0) is 43.4 Å². The van der Waals surface area contributed by atoms with Crippen LogP contribution in [-0.4, -0.2) is 19.0 Å². The maximum absolute atomic E-state index is 11.8. The van der Waals surface area contributed by atoms with Gasteiger partial charge in [0.2, 0.25) is 0 Å². The van der Waals surface area contributed by atoms with E-state index in [1.165, 1.54) is 37.7 Å². The van der Waals surface area contributed by atoms with E-state index in [0.717, 1.165) is 17.2 Å². The molecule has 2 atom stereocenters. The Bertz CT molecular complexity index is 470. The highest BCUT2D eigenvalue weighted by molar-refractivity contribution is 5.95. The summed E-state index contributed by atoms with van der Waals surface area (Å²) in [6.45, 7) is 4.37. The second-order valence-corrected chi connectivity index (χ2v) is 5.81. The largest absolute Gasteiger partial charge is 0.382 e. The lowest BCUT2D eigenvalue weighted by atomic mass is 9.82. The van der Waals surface area contributed by atoms with Gasteiger partial charge in [-0.2, -0.15) is 0 Å². The number of anilines is 1. The molecule has 1 amide bonds. The molecule has 0 bridgehead atoms. The van der Waals surface area contributed by atoms with E-state index in [1.54, 1.807) is 7.05 Å². The number of hydrogen-bond donors (Lipinski definition) is 2. The predicted molar refractivity (Wildman–Crippen MR) is 84.2 cm³/mol. The summed E-state index contributed by atoms with van der Waals surface area (Å²) in [7, 11) is 1.67. The van der Waals surface area contributed by atoms with Crippen LogP contribution in [0.4, 0.5) is 5.69 Å². The SMILES string of the molecule is CCC1CCCCC1Nc1cc(C(=O)NC)ccc1C. The lowest BCUT2D eigenvalue weighted by molar-refractivity contribution is 0.0963. The second kappa shape index (κ2) is 6.78. The minimum Gasteiger partial charge on any atom is -0.382 e. The maximum Gasteiger partial charge on any atom is 0.251 e. The first-order valence-electron chi connectivity index (χ1n) is 7.75. The summed E-state index contributed by atoms with van der Waals surface area (Å²) in [5, 5.41) is 6.37. The molecule has 3 nitrogen and oxygen atoms in total. The Morgan fingerprint density at radius 2 is 2.05 bits per heavy atom. The molecule has 0 aliphatic heterocycles. The van der Waals surface area contributed by atoms with Crippen molar-refractivity contribution in [2.24, 2.45) is 5.92 Å². The van der Waals surface area contributed by atoms with Crippen molar-refractivity contribution in [2.75, 3.05) is 12.4 Å². The molecular weight excluding hydrogens is 248 g/mol. The summed E-state index contributed by atoms with van der Waals surface area (Å²) in [4.78, 5) is 11.8. The van der Waals surface area contributed by atoms with Gasteiger partial charge < -0.3 is 10.6 Å². The zero-order chi connectivity index (χ0) is 14.5. The van der Waals surface area contributed by atoms with Gasteiger partial charge >= 0.3 is 0 Å². The molecule has 1 aliphatic rings. The Morgan fingerprint density at radius 3 is 2.75 bits per heavy atom. The smallest absolute Gasteiger partial charge is 0.251 e. The fourth-order valence-electron chi connectivity index (χ4n) is 3.15. The third-order valence-corrected chi connectivity index (χ3v) is 4.50. The van der Waals surface area contributed by atoms with Crippen molar-refractivity contribution in [2.45, 2.75) is 52.0 Å². The minimum atomic E-state index is -0.0243. The van der Waals surface area contributed by atoms with Crippen LogP contribution >= 0.6 is 0 Å². The molecule has 2 unspecified atom stereocenters. The van der Waals surface area contributed by atoms with E-state index in [0.29, 0.717) is 6.04 Å². The molecule has 2 N–H and O–H groups in total. The highest BCUT2D eigenvalue weighted by Crippen LogP contribution is 2.30. The van der Waals surface area contributed by atoms with Gasteiger partial charge in [0, 0.05) is 24.3 Å². The monoisotopic (exact) mass is 274 g/mol. The van der Waals surface area contributed by atoms with Crippen LogP contribution in [0.5, 0.6) is 0 Å². The Balaban J connectivity index is 2.17. The van der Waals surface area contributed by atoms with E-state index in [1.807, 2.05) is 18.2 Å². The van der Waals surface area contributed by atoms with E-state index in [2.05, 4.69) is 24.5 Å². The van der Waals surface area contributed by atoms with Gasteiger partial charge in [0.1, 0.15) is 0 Å². The van der Waals surface area contributed by atoms with Crippen molar-refractivity contribution >= 4 is 11.6 Å². The number of aryl methyl sites for hydroxylation is 1. The van der Waals surface area contributed by atoms with Crippen molar-refractivity contribution in [3.05, 3.63) is 29.3 Å². The zero-order valence-electron chi connectivity index (χ0n) is 12.8. The normalized spacial score (nSPS) is 22.4. The van der Waals surface area contributed by atoms with Gasteiger partial charge in [-0.15, -0.1) is 0 Å². The Hall–Kier alpha value is -1.51. The van der Waals surface area contributed by atoms with Crippen molar-refractivity contribution in [3.63, 3.8) is 0 Å². The number of rotatable bonds is 4. The van der Waals surface area contributed by atoms with Gasteiger partial charge in [0.15, 0.2) is 0 Å². The standard InChI is InChI=1S/C17H26N2O/c1-4-13-7-5-6-8-15(13)19-16-11-14(17(20)18-3)10-9-12(16)2/h9-11,13,15,19H,4-8H2,1-3H3,(H,18,20). The molecule has 0 aromatic heterocycles. The van der Waals surface area contributed by atoms with Crippen molar-refractivity contribution in [3.8, 4) is 0 Å². The number of hydrogen-bond acceptors (Lipinski definition) is 2. The van der Waals surface area contributed by atoms with Gasteiger partial charge in [0.05, 0.1) is 0 Å². The topological polar surface area (TPSA) is 41.1 Å². The molecular formula is C17H26N2O. The van der Waals surface area contributed by atoms with Crippen molar-refractivity contribution in [1.82, 2.24) is 5.32 Å². The van der Waals surface area contributed by atoms with E-state index in [-0.39, 0.29) is 5.91 Å². The van der Waals surface area contributed by atoms with Crippen LogP contribution in [0.2, 0.25) is 0 Å². The van der Waals surface area contributed by atoms with Crippen LogP contribution in [0.1, 0.15) is 54.9 Å². The number of nitrogens with one attached hydrogen (secondary N) is 2. The lowest BCUT2D eigenvalue weighted by Crippen LogP contribution is -2.32. The van der Waals surface area contributed by atoms with Crippen molar-refractivity contribution in [1.29, 1.82) is 0 Å². The van der Waals surface area contributed by atoms with Crippen LogP contribution < -0.4 is 10.6 Å². The average molecular weight is 274 g/mol. The fourth-order valence-corrected chi connectivity index (χ4v) is 3.15. The summed E-state index contributed by atoms with van der Waals surface area (Å²) in [6, 6.07) is 6.44. The quantitative estimate of drug-likeness (QED) is 0.878. The van der Waals surface area contributed by atoms with Crippen LogP contribution in [0.25, 0.3) is 0 Å². The first-order valence-corrected chi connectivity index (χ1v) is 7.75. The molecule has 1 aromatic rings. The zero-order valence-corrected chi connectivity index (χ0v) is 12.8. The Morgan fingerprint density at radius 1 is 1.30 bits per heavy atom. The molecule has 2 rings (SSSR count). The summed E-state index contributed by atoms with van der Waals surface area (Å²) < 4.78 is 0. The van der Waals surface area contributed by atoms with Crippen LogP contribution in [0, 0.1) is 12.8 Å². The third kappa shape index (κ3) is 3.33. The molecule has 1 aromatic carbocycles. The molecule has 1 aliphatic carbocycles. The van der Waals surface area contributed by atoms with E-state index < -0.39 is 0 Å². The molecule has 20 heavy (non-hydrogen) atoms. The molecule has 0 spiro atoms. The predicted octanol–water partition coefficient (Wildman–Crippen LogP) is 3.74. The fraction of sp³-hybridized carbons (Fsp3) is 0.588. The van der Waals surface area contributed by atoms with E-state index in [4.69, 9.17) is 0 Å². The van der Waals surface area contributed by atoms with Crippen molar-refractivity contribution < 1.29 is 4.79 Å². The molecule has 1 fully saturated rings. The van der Waals surface area contributed by atoms with Crippen LogP contribution in [0.15, 0.2) is 18.2 Å². The molecule has 0 heterocycles. The molecule has 0 saturated heterocycles. The summed E-state index contributed by atoms with van der Waals surface area (Å²) in [6.07, 6.45) is 6.45. The summed E-state index contributed by atoms with van der Waals surface area (Å²) in [5.74, 6) is 0.732. The van der Waals surface area contributed by atoms with Gasteiger partial charge in [-0.1, -0.05) is 32.3 Å². The van der Waals surface area contributed by atoms with E-state index in [9.17, 15) is 4.79 Å². The van der Waals surface area contributed by atoms with Gasteiger partial charge in [0.25, 0.3) is 5.91 Å². The summed E-state index contributed by atoms with van der Waals surface area (Å²) >= 11 is 0. The first-order chi connectivity index (χ1) is 9.65. The molecule has 1 saturated carbocycles. The van der Waals surface area contributed by atoms with Crippen LogP contribution in [-0.2, 0) is 0 Å². The van der Waals surface area contributed by atoms with Crippen LogP contribution in [0.3, 0.4) is 0 Å². The lowest BCUT2D eigenvalue weighted by Gasteiger charge is -2.33. The molecule has 0 radical (unpaired) electrons. The van der Waals surface area contributed by atoms with Gasteiger partial charge in [-0.25, -0.2) is 0 Å². The molecule has 3 heteroatoms. The minimum absolute atomic E-state index is 0.0243. The maximum atomic E-state index is 11.8.